The molecular weight excluding hydrogens is 587 g/mol. The van der Waals surface area contributed by atoms with Crippen molar-refractivity contribution in [3.63, 3.8) is 0 Å². The van der Waals surface area contributed by atoms with Crippen molar-refractivity contribution >= 4 is 41.0 Å². The van der Waals surface area contributed by atoms with Crippen LogP contribution < -0.4 is 4.74 Å². The summed E-state index contributed by atoms with van der Waals surface area (Å²) in [5.41, 5.74) is 1.40. The Labute approximate surface area is 265 Å². The van der Waals surface area contributed by atoms with Gasteiger partial charge in [-0.1, -0.05) is 61.3 Å². The topological polar surface area (TPSA) is 76.2 Å². The second kappa shape index (κ2) is 14.3. The molecule has 1 aliphatic heterocycles. The summed E-state index contributed by atoms with van der Waals surface area (Å²) in [7, 11) is 0. The summed E-state index contributed by atoms with van der Waals surface area (Å²) >= 11 is 12.4. The standard InChI is InChI=1S/C34H42Cl2N2O5/c1-6-13-37-14-12-34(26-8-7-9-28(17-26)42-23(4)39)19-27(18-32(29(34)21-37)43-24(5)40)38(20-22(2)3)33(41)16-25-10-11-30(35)31(36)15-25/h6-11,15,17,22,27,29,32H,1,12-14,16,18-21H2,2-5H3/t27-,29-,32?,34-/m0/s1. The maximum atomic E-state index is 14.1. The van der Waals surface area contributed by atoms with Gasteiger partial charge in [-0.05, 0) is 60.7 Å². The minimum atomic E-state index is -0.421. The van der Waals surface area contributed by atoms with Crippen LogP contribution in [0.5, 0.6) is 5.75 Å². The molecule has 7 nitrogen and oxygen atoms in total. The van der Waals surface area contributed by atoms with Crippen molar-refractivity contribution in [3.05, 3.63) is 76.3 Å². The number of carbonyl (C=O) groups is 3. The quantitative estimate of drug-likeness (QED) is 0.170. The summed E-state index contributed by atoms with van der Waals surface area (Å²) in [6.45, 7) is 13.8. The number of halogens is 2. The molecule has 0 radical (unpaired) electrons. The lowest BCUT2D eigenvalue weighted by molar-refractivity contribution is -0.161. The van der Waals surface area contributed by atoms with Crippen molar-refractivity contribution in [2.24, 2.45) is 11.8 Å². The zero-order valence-electron chi connectivity index (χ0n) is 25.5. The number of hydrogen-bond donors (Lipinski definition) is 0. The van der Waals surface area contributed by atoms with Crippen LogP contribution in [0, 0.1) is 11.8 Å². The first-order valence-electron chi connectivity index (χ1n) is 14.9. The SMILES string of the molecule is C=CCN1CC[C@@]2(c3cccc(OC(C)=O)c3)C[C@@H](N(CC(C)C)C(=O)Cc3ccc(Cl)c(Cl)c3)CC(OC(C)=O)[C@@H]2C1. The number of amides is 1. The molecule has 9 heteroatoms. The molecule has 1 aliphatic carbocycles. The molecule has 0 aromatic heterocycles. The normalized spacial score (nSPS) is 23.7. The van der Waals surface area contributed by atoms with Gasteiger partial charge in [-0.15, -0.1) is 6.58 Å². The van der Waals surface area contributed by atoms with Crippen molar-refractivity contribution in [1.82, 2.24) is 9.80 Å². The number of carbonyl (C=O) groups excluding carboxylic acids is 3. The van der Waals surface area contributed by atoms with Gasteiger partial charge in [0.05, 0.1) is 16.5 Å². The van der Waals surface area contributed by atoms with Crippen LogP contribution in [0.25, 0.3) is 0 Å². The molecule has 1 unspecified atom stereocenters. The number of benzene rings is 2. The average Bonchev–Trinajstić information content (AvgIpc) is 2.93. The van der Waals surface area contributed by atoms with Gasteiger partial charge in [-0.2, -0.15) is 0 Å². The van der Waals surface area contributed by atoms with Gasteiger partial charge in [0.15, 0.2) is 0 Å². The Bertz CT molecular complexity index is 1350. The van der Waals surface area contributed by atoms with E-state index in [1.165, 1.54) is 13.8 Å². The lowest BCUT2D eigenvalue weighted by Gasteiger charge is -2.56. The van der Waals surface area contributed by atoms with Crippen molar-refractivity contribution in [3.8, 4) is 5.75 Å². The summed E-state index contributed by atoms with van der Waals surface area (Å²) in [5, 5.41) is 0.857. The van der Waals surface area contributed by atoms with Crippen molar-refractivity contribution < 1.29 is 23.9 Å². The highest BCUT2D eigenvalue weighted by atomic mass is 35.5. The average molecular weight is 630 g/mol. The van der Waals surface area contributed by atoms with Gasteiger partial charge in [-0.3, -0.25) is 19.3 Å². The van der Waals surface area contributed by atoms with Gasteiger partial charge in [0, 0.05) is 57.3 Å². The fraction of sp³-hybridized carbons (Fsp3) is 0.500. The Morgan fingerprint density at radius 1 is 1.12 bits per heavy atom. The van der Waals surface area contributed by atoms with E-state index in [0.717, 1.165) is 37.2 Å². The molecular formula is C34H42Cl2N2O5. The number of fused-ring (bicyclic) bond motifs is 1. The maximum absolute atomic E-state index is 14.1. The van der Waals surface area contributed by atoms with E-state index in [1.807, 2.05) is 29.2 Å². The monoisotopic (exact) mass is 628 g/mol. The van der Waals surface area contributed by atoms with E-state index in [0.29, 0.717) is 35.2 Å². The van der Waals surface area contributed by atoms with Gasteiger partial charge in [0.2, 0.25) is 5.91 Å². The zero-order valence-corrected chi connectivity index (χ0v) is 27.0. The van der Waals surface area contributed by atoms with E-state index in [2.05, 4.69) is 31.4 Å². The van der Waals surface area contributed by atoms with E-state index >= 15 is 0 Å². The van der Waals surface area contributed by atoms with Crippen LogP contribution in [0.1, 0.15) is 58.1 Å². The first kappa shape index (κ1) is 33.0. The van der Waals surface area contributed by atoms with Crippen molar-refractivity contribution in [1.29, 1.82) is 0 Å². The molecule has 0 spiro atoms. The fourth-order valence-corrected chi connectivity index (χ4v) is 7.29. The Balaban J connectivity index is 1.77. The number of hydrogen-bond acceptors (Lipinski definition) is 6. The van der Waals surface area contributed by atoms with Gasteiger partial charge in [0.25, 0.3) is 0 Å². The second-order valence-corrected chi connectivity index (χ2v) is 13.1. The van der Waals surface area contributed by atoms with Crippen LogP contribution in [-0.2, 0) is 31.0 Å². The summed E-state index contributed by atoms with van der Waals surface area (Å²) < 4.78 is 11.6. The number of rotatable bonds is 10. The molecule has 2 aromatic rings. The zero-order chi connectivity index (χ0) is 31.3. The van der Waals surface area contributed by atoms with E-state index in [9.17, 15) is 14.4 Å². The fourth-order valence-electron chi connectivity index (χ4n) is 6.96. The molecule has 0 bridgehead atoms. The highest BCUT2D eigenvalue weighted by Crippen LogP contribution is 2.51. The number of likely N-dealkylation sites (tertiary alicyclic amines) is 1. The molecule has 2 aliphatic rings. The molecule has 0 N–H and O–H groups in total. The summed E-state index contributed by atoms with van der Waals surface area (Å²) in [6.07, 6.45) is 3.70. The van der Waals surface area contributed by atoms with E-state index in [1.54, 1.807) is 18.2 Å². The third-order valence-corrected chi connectivity index (χ3v) is 9.37. The second-order valence-electron chi connectivity index (χ2n) is 12.3. The molecule has 2 fully saturated rings. The van der Waals surface area contributed by atoms with Crippen molar-refractivity contribution in [2.45, 2.75) is 70.9 Å². The Morgan fingerprint density at radius 3 is 2.53 bits per heavy atom. The largest absolute Gasteiger partial charge is 0.462 e. The summed E-state index contributed by atoms with van der Waals surface area (Å²) in [4.78, 5) is 42.7. The van der Waals surface area contributed by atoms with Crippen LogP contribution >= 0.6 is 23.2 Å². The number of ether oxygens (including phenoxy) is 2. The molecule has 232 valence electrons. The minimum Gasteiger partial charge on any atom is -0.462 e. The molecule has 43 heavy (non-hydrogen) atoms. The third-order valence-electron chi connectivity index (χ3n) is 8.63. The van der Waals surface area contributed by atoms with Gasteiger partial charge in [0.1, 0.15) is 11.9 Å². The molecule has 2 aromatic carbocycles. The van der Waals surface area contributed by atoms with Crippen LogP contribution in [-0.4, -0.2) is 66.0 Å². The van der Waals surface area contributed by atoms with E-state index in [4.69, 9.17) is 32.7 Å². The van der Waals surface area contributed by atoms with Crippen LogP contribution in [0.15, 0.2) is 55.1 Å². The Hall–Kier alpha value is -2.87. The first-order chi connectivity index (χ1) is 20.4. The molecule has 1 saturated carbocycles. The molecule has 1 amide bonds. The number of piperidine rings is 1. The van der Waals surface area contributed by atoms with E-state index in [-0.39, 0.29) is 42.1 Å². The van der Waals surface area contributed by atoms with E-state index < -0.39 is 11.5 Å². The van der Waals surface area contributed by atoms with Crippen LogP contribution in [0.3, 0.4) is 0 Å². The first-order valence-corrected chi connectivity index (χ1v) is 15.7. The summed E-state index contributed by atoms with van der Waals surface area (Å²) in [6, 6.07) is 12.8. The van der Waals surface area contributed by atoms with Gasteiger partial charge < -0.3 is 14.4 Å². The van der Waals surface area contributed by atoms with Crippen LogP contribution in [0.2, 0.25) is 10.0 Å². The molecule has 1 heterocycles. The minimum absolute atomic E-state index is 0.00924. The Morgan fingerprint density at radius 2 is 1.88 bits per heavy atom. The predicted molar refractivity (Wildman–Crippen MR) is 169 cm³/mol. The van der Waals surface area contributed by atoms with Gasteiger partial charge in [-0.25, -0.2) is 0 Å². The lowest BCUT2D eigenvalue weighted by atomic mass is 9.56. The highest BCUT2D eigenvalue weighted by Gasteiger charge is 2.54. The number of esters is 2. The maximum Gasteiger partial charge on any atom is 0.308 e. The van der Waals surface area contributed by atoms with Crippen LogP contribution in [0.4, 0.5) is 0 Å². The molecule has 1 saturated heterocycles. The lowest BCUT2D eigenvalue weighted by Crippen LogP contribution is -2.62. The summed E-state index contributed by atoms with van der Waals surface area (Å²) in [5.74, 6) is -0.0631. The Kier molecular flexibility index (Phi) is 11.0. The van der Waals surface area contributed by atoms with Gasteiger partial charge >= 0.3 is 11.9 Å². The third kappa shape index (κ3) is 8.00. The highest BCUT2D eigenvalue weighted by molar-refractivity contribution is 6.42. The molecule has 4 rings (SSSR count). The predicted octanol–water partition coefficient (Wildman–Crippen LogP) is 6.49. The number of nitrogens with zero attached hydrogens (tertiary/aromatic N) is 2. The molecule has 4 atom stereocenters. The smallest absolute Gasteiger partial charge is 0.308 e. The van der Waals surface area contributed by atoms with Crippen molar-refractivity contribution in [2.75, 3.05) is 26.2 Å².